The molecule has 15 heavy (non-hydrogen) atoms. The maximum Gasteiger partial charge on any atom is 0.330 e. The maximum atomic E-state index is 10.7. The van der Waals surface area contributed by atoms with Crippen molar-refractivity contribution in [2.75, 3.05) is 7.11 Å². The summed E-state index contributed by atoms with van der Waals surface area (Å²) in [6.07, 6.45) is 6.50. The van der Waals surface area contributed by atoms with Crippen LogP contribution < -0.4 is 0 Å². The van der Waals surface area contributed by atoms with Crippen molar-refractivity contribution in [3.8, 4) is 0 Å². The standard InChI is InChI=1S/C12H11ClO2/c1-15-12(14)9-5-3-7-10-6-2-4-8-11(10)13/h2-9H,1H3/b7-3+,9-5+. The normalized spacial score (nSPS) is 11.1. The molecule has 2 nitrogen and oxygen atoms in total. The van der Waals surface area contributed by atoms with Crippen LogP contribution in [0.25, 0.3) is 6.08 Å². The monoisotopic (exact) mass is 222 g/mol. The Hall–Kier alpha value is -1.54. The van der Waals surface area contributed by atoms with Gasteiger partial charge in [-0.05, 0) is 11.6 Å². The number of benzene rings is 1. The number of halogens is 1. The Kier molecular flexibility index (Phi) is 4.64. The summed E-state index contributed by atoms with van der Waals surface area (Å²) in [7, 11) is 1.34. The molecule has 0 aromatic heterocycles. The van der Waals surface area contributed by atoms with Gasteiger partial charge >= 0.3 is 5.97 Å². The van der Waals surface area contributed by atoms with E-state index in [9.17, 15) is 4.79 Å². The number of rotatable bonds is 3. The second-order valence-electron chi connectivity index (χ2n) is 2.76. The molecule has 0 radical (unpaired) electrons. The SMILES string of the molecule is COC(=O)/C=C/C=C/c1ccccc1Cl. The fourth-order valence-electron chi connectivity index (χ4n) is 0.972. The van der Waals surface area contributed by atoms with Crippen LogP contribution in [0.2, 0.25) is 5.02 Å². The van der Waals surface area contributed by atoms with Gasteiger partial charge in [0, 0.05) is 11.1 Å². The maximum absolute atomic E-state index is 10.7. The lowest BCUT2D eigenvalue weighted by Crippen LogP contribution is -1.92. The molecule has 0 N–H and O–H groups in total. The first-order valence-electron chi connectivity index (χ1n) is 4.41. The number of hydrogen-bond donors (Lipinski definition) is 0. The van der Waals surface area contributed by atoms with Gasteiger partial charge in [0.15, 0.2) is 0 Å². The van der Waals surface area contributed by atoms with Crippen LogP contribution in [0.5, 0.6) is 0 Å². The van der Waals surface area contributed by atoms with E-state index >= 15 is 0 Å². The number of hydrogen-bond acceptors (Lipinski definition) is 2. The molecule has 78 valence electrons. The highest BCUT2D eigenvalue weighted by molar-refractivity contribution is 6.32. The Morgan fingerprint density at radius 1 is 1.33 bits per heavy atom. The number of methoxy groups -OCH3 is 1. The molecule has 0 bridgehead atoms. The van der Waals surface area contributed by atoms with Gasteiger partial charge in [0.25, 0.3) is 0 Å². The largest absolute Gasteiger partial charge is 0.466 e. The first kappa shape index (κ1) is 11.5. The smallest absolute Gasteiger partial charge is 0.330 e. The van der Waals surface area contributed by atoms with E-state index in [1.807, 2.05) is 30.3 Å². The molecule has 0 heterocycles. The van der Waals surface area contributed by atoms with Crippen LogP contribution in [0.3, 0.4) is 0 Å². The average molecular weight is 223 g/mol. The number of carbonyl (C=O) groups excluding carboxylic acids is 1. The lowest BCUT2D eigenvalue weighted by atomic mass is 10.2. The van der Waals surface area contributed by atoms with E-state index in [4.69, 9.17) is 11.6 Å². The minimum Gasteiger partial charge on any atom is -0.466 e. The third-order valence-corrected chi connectivity index (χ3v) is 2.07. The van der Waals surface area contributed by atoms with Crippen LogP contribution in [-0.2, 0) is 9.53 Å². The van der Waals surface area contributed by atoms with Gasteiger partial charge in [-0.15, -0.1) is 0 Å². The summed E-state index contributed by atoms with van der Waals surface area (Å²) in [6.45, 7) is 0. The van der Waals surface area contributed by atoms with Crippen molar-refractivity contribution in [3.05, 3.63) is 53.1 Å². The highest BCUT2D eigenvalue weighted by Crippen LogP contribution is 2.15. The molecule has 3 heteroatoms. The molecule has 0 amide bonds. The van der Waals surface area contributed by atoms with Crippen molar-refractivity contribution in [1.29, 1.82) is 0 Å². The quantitative estimate of drug-likeness (QED) is 0.446. The van der Waals surface area contributed by atoms with E-state index < -0.39 is 0 Å². The van der Waals surface area contributed by atoms with Crippen molar-refractivity contribution in [1.82, 2.24) is 0 Å². The molecule has 0 fully saturated rings. The first-order valence-corrected chi connectivity index (χ1v) is 4.79. The third-order valence-electron chi connectivity index (χ3n) is 1.73. The summed E-state index contributed by atoms with van der Waals surface area (Å²) in [5, 5.41) is 0.681. The Balaban J connectivity index is 2.63. The van der Waals surface area contributed by atoms with E-state index in [1.165, 1.54) is 13.2 Å². The van der Waals surface area contributed by atoms with Crippen LogP contribution in [0.15, 0.2) is 42.5 Å². The number of ether oxygens (including phenoxy) is 1. The zero-order valence-electron chi connectivity index (χ0n) is 8.31. The number of carbonyl (C=O) groups is 1. The van der Waals surface area contributed by atoms with Gasteiger partial charge in [0.05, 0.1) is 7.11 Å². The first-order chi connectivity index (χ1) is 7.24. The fourth-order valence-corrected chi connectivity index (χ4v) is 1.17. The molecular formula is C12H11ClO2. The van der Waals surface area contributed by atoms with Gasteiger partial charge in [-0.25, -0.2) is 4.79 Å². The van der Waals surface area contributed by atoms with E-state index in [1.54, 1.807) is 12.2 Å². The Morgan fingerprint density at radius 2 is 2.07 bits per heavy atom. The topological polar surface area (TPSA) is 26.3 Å². The summed E-state index contributed by atoms with van der Waals surface area (Å²) in [6, 6.07) is 7.47. The van der Waals surface area contributed by atoms with Gasteiger partial charge in [-0.3, -0.25) is 0 Å². The van der Waals surface area contributed by atoms with Crippen LogP contribution >= 0.6 is 11.6 Å². The summed E-state index contributed by atoms with van der Waals surface area (Å²) in [4.78, 5) is 10.7. The van der Waals surface area contributed by atoms with Gasteiger partial charge in [-0.2, -0.15) is 0 Å². The second kappa shape index (κ2) is 6.04. The number of esters is 1. The second-order valence-corrected chi connectivity index (χ2v) is 3.17. The lowest BCUT2D eigenvalue weighted by molar-refractivity contribution is -0.134. The molecule has 0 spiro atoms. The molecule has 1 aromatic rings. The molecule has 0 saturated carbocycles. The van der Waals surface area contributed by atoms with Crippen molar-refractivity contribution in [3.63, 3.8) is 0 Å². The summed E-state index contributed by atoms with van der Waals surface area (Å²) in [5.74, 6) is -0.376. The summed E-state index contributed by atoms with van der Waals surface area (Å²) < 4.78 is 4.44. The van der Waals surface area contributed by atoms with E-state index in [0.29, 0.717) is 5.02 Å². The summed E-state index contributed by atoms with van der Waals surface area (Å²) in [5.41, 5.74) is 0.911. The van der Waals surface area contributed by atoms with Gasteiger partial charge < -0.3 is 4.74 Å². The van der Waals surface area contributed by atoms with Crippen LogP contribution in [0, 0.1) is 0 Å². The van der Waals surface area contributed by atoms with Crippen LogP contribution in [-0.4, -0.2) is 13.1 Å². The minimum absolute atomic E-state index is 0.376. The molecular weight excluding hydrogens is 212 g/mol. The predicted octanol–water partition coefficient (Wildman–Crippen LogP) is 3.08. The Labute approximate surface area is 93.8 Å². The zero-order chi connectivity index (χ0) is 11.1. The molecule has 0 saturated heterocycles. The van der Waals surface area contributed by atoms with Gasteiger partial charge in [0.1, 0.15) is 0 Å². The van der Waals surface area contributed by atoms with Gasteiger partial charge in [0.2, 0.25) is 0 Å². The zero-order valence-corrected chi connectivity index (χ0v) is 9.07. The van der Waals surface area contributed by atoms with Crippen molar-refractivity contribution in [2.24, 2.45) is 0 Å². The molecule has 1 rings (SSSR count). The predicted molar refractivity (Wildman–Crippen MR) is 61.6 cm³/mol. The van der Waals surface area contributed by atoms with E-state index in [2.05, 4.69) is 4.74 Å². The van der Waals surface area contributed by atoms with Crippen molar-refractivity contribution in [2.45, 2.75) is 0 Å². The highest BCUT2D eigenvalue weighted by atomic mass is 35.5. The fraction of sp³-hybridized carbons (Fsp3) is 0.0833. The molecule has 0 aliphatic rings. The van der Waals surface area contributed by atoms with E-state index in [0.717, 1.165) is 5.56 Å². The van der Waals surface area contributed by atoms with Crippen molar-refractivity contribution < 1.29 is 9.53 Å². The summed E-state index contributed by atoms with van der Waals surface area (Å²) >= 11 is 5.93. The van der Waals surface area contributed by atoms with E-state index in [-0.39, 0.29) is 5.97 Å². The minimum atomic E-state index is -0.376. The molecule has 1 aromatic carbocycles. The number of allylic oxidation sites excluding steroid dienone is 2. The Morgan fingerprint density at radius 3 is 2.73 bits per heavy atom. The van der Waals surface area contributed by atoms with Crippen LogP contribution in [0.1, 0.15) is 5.56 Å². The van der Waals surface area contributed by atoms with Crippen LogP contribution in [0.4, 0.5) is 0 Å². The molecule has 0 aliphatic carbocycles. The molecule has 0 atom stereocenters. The highest BCUT2D eigenvalue weighted by Gasteiger charge is 1.92. The lowest BCUT2D eigenvalue weighted by Gasteiger charge is -1.94. The Bertz CT molecular complexity index is 394. The molecule has 0 aliphatic heterocycles. The average Bonchev–Trinajstić information content (AvgIpc) is 2.26. The van der Waals surface area contributed by atoms with Gasteiger partial charge in [-0.1, -0.05) is 48.0 Å². The molecule has 0 unspecified atom stereocenters. The third kappa shape index (κ3) is 4.00. The van der Waals surface area contributed by atoms with Crippen molar-refractivity contribution >= 4 is 23.6 Å².